The molecule has 0 bridgehead atoms. The Morgan fingerprint density at radius 3 is 2.14 bits per heavy atom. The van der Waals surface area contributed by atoms with Crippen LogP contribution in [0.2, 0.25) is 0 Å². The second kappa shape index (κ2) is 6.96. The van der Waals surface area contributed by atoms with E-state index in [-0.39, 0.29) is 0 Å². The molecular formula is C20H33N. The maximum absolute atomic E-state index is 3.79. The van der Waals surface area contributed by atoms with Gasteiger partial charge in [0.1, 0.15) is 0 Å². The zero-order chi connectivity index (χ0) is 15.5. The first-order valence-corrected chi connectivity index (χ1v) is 8.69. The van der Waals surface area contributed by atoms with E-state index in [1.807, 2.05) is 0 Å². The second-order valence-corrected chi connectivity index (χ2v) is 7.79. The molecule has 0 spiro atoms. The molecule has 0 radical (unpaired) electrons. The molecule has 1 fully saturated rings. The molecule has 1 N–H and O–H groups in total. The highest BCUT2D eigenvalue weighted by Crippen LogP contribution is 2.42. The molecule has 0 saturated heterocycles. The summed E-state index contributed by atoms with van der Waals surface area (Å²) in [4.78, 5) is 0. The van der Waals surface area contributed by atoms with Gasteiger partial charge >= 0.3 is 0 Å². The molecule has 1 aromatic rings. The molecule has 0 aliphatic heterocycles. The molecule has 21 heavy (non-hydrogen) atoms. The molecule has 1 nitrogen and oxygen atoms in total. The molecule has 1 aromatic carbocycles. The summed E-state index contributed by atoms with van der Waals surface area (Å²) < 4.78 is 0. The van der Waals surface area contributed by atoms with Crippen LogP contribution in [0.4, 0.5) is 0 Å². The van der Waals surface area contributed by atoms with Crippen molar-refractivity contribution in [1.82, 2.24) is 5.32 Å². The molecule has 0 aromatic heterocycles. The van der Waals surface area contributed by atoms with Gasteiger partial charge in [-0.2, -0.15) is 0 Å². The summed E-state index contributed by atoms with van der Waals surface area (Å²) in [6, 6.07) is 4.62. The lowest BCUT2D eigenvalue weighted by Gasteiger charge is -2.31. The van der Waals surface area contributed by atoms with Crippen molar-refractivity contribution in [3.05, 3.63) is 34.4 Å². The van der Waals surface area contributed by atoms with Gasteiger partial charge in [-0.25, -0.2) is 0 Å². The van der Waals surface area contributed by atoms with Crippen molar-refractivity contribution < 1.29 is 0 Å². The van der Waals surface area contributed by atoms with E-state index >= 15 is 0 Å². The van der Waals surface area contributed by atoms with Crippen LogP contribution in [-0.2, 0) is 6.54 Å². The number of hydrogen-bond donors (Lipinski definition) is 1. The molecule has 0 amide bonds. The van der Waals surface area contributed by atoms with E-state index in [0.29, 0.717) is 5.41 Å². The Kier molecular flexibility index (Phi) is 5.48. The van der Waals surface area contributed by atoms with Gasteiger partial charge in [0, 0.05) is 13.1 Å². The summed E-state index contributed by atoms with van der Waals surface area (Å²) in [5, 5.41) is 3.79. The maximum atomic E-state index is 3.79. The molecule has 1 heteroatoms. The number of nitrogens with one attached hydrogen (secondary N) is 1. The van der Waals surface area contributed by atoms with E-state index in [1.54, 1.807) is 0 Å². The molecule has 1 aliphatic carbocycles. The van der Waals surface area contributed by atoms with E-state index < -0.39 is 0 Å². The first-order valence-electron chi connectivity index (χ1n) is 8.69. The van der Waals surface area contributed by atoms with Crippen LogP contribution >= 0.6 is 0 Å². The molecule has 118 valence electrons. The van der Waals surface area contributed by atoms with E-state index in [1.165, 1.54) is 60.9 Å². The first-order chi connectivity index (χ1) is 9.92. The lowest BCUT2D eigenvalue weighted by atomic mass is 9.78. The van der Waals surface area contributed by atoms with Gasteiger partial charge in [-0.1, -0.05) is 44.4 Å². The van der Waals surface area contributed by atoms with E-state index in [2.05, 4.69) is 52.1 Å². The van der Waals surface area contributed by atoms with Crippen molar-refractivity contribution >= 4 is 0 Å². The van der Waals surface area contributed by atoms with Crippen LogP contribution in [-0.4, -0.2) is 6.54 Å². The van der Waals surface area contributed by atoms with Crippen LogP contribution in [0.1, 0.15) is 68.2 Å². The minimum Gasteiger partial charge on any atom is -0.312 e. The van der Waals surface area contributed by atoms with Crippen LogP contribution in [0.5, 0.6) is 0 Å². The van der Waals surface area contributed by atoms with Gasteiger partial charge in [0.15, 0.2) is 0 Å². The van der Waals surface area contributed by atoms with Gasteiger partial charge in [0.25, 0.3) is 0 Å². The Morgan fingerprint density at radius 1 is 1.05 bits per heavy atom. The predicted molar refractivity (Wildman–Crippen MR) is 92.7 cm³/mol. The van der Waals surface area contributed by atoms with Crippen LogP contribution in [0.15, 0.2) is 12.1 Å². The maximum Gasteiger partial charge on any atom is 0.0210 e. The Balaban J connectivity index is 1.97. The van der Waals surface area contributed by atoms with Gasteiger partial charge < -0.3 is 5.32 Å². The summed E-state index contributed by atoms with van der Waals surface area (Å²) >= 11 is 0. The number of rotatable bonds is 6. The predicted octanol–water partition coefficient (Wildman–Crippen LogP) is 5.31. The van der Waals surface area contributed by atoms with Gasteiger partial charge in [0.2, 0.25) is 0 Å². The minimum absolute atomic E-state index is 0.570. The van der Waals surface area contributed by atoms with E-state index in [0.717, 1.165) is 12.5 Å². The average Bonchev–Trinajstić information content (AvgIpc) is 2.80. The molecule has 0 unspecified atom stereocenters. The van der Waals surface area contributed by atoms with Gasteiger partial charge in [0.05, 0.1) is 0 Å². The summed E-state index contributed by atoms with van der Waals surface area (Å²) in [5.74, 6) is 0.813. The van der Waals surface area contributed by atoms with Crippen molar-refractivity contribution in [3.8, 4) is 0 Å². The summed E-state index contributed by atoms with van der Waals surface area (Å²) in [7, 11) is 0. The molecule has 1 aliphatic rings. The number of hydrogen-bond acceptors (Lipinski definition) is 1. The third-order valence-corrected chi connectivity index (χ3v) is 5.15. The highest BCUT2D eigenvalue weighted by molar-refractivity contribution is 5.37. The number of aryl methyl sites for hydroxylation is 3. The van der Waals surface area contributed by atoms with E-state index in [4.69, 9.17) is 0 Å². The van der Waals surface area contributed by atoms with Crippen LogP contribution in [0, 0.1) is 32.1 Å². The third kappa shape index (κ3) is 4.32. The summed E-state index contributed by atoms with van der Waals surface area (Å²) in [6.07, 6.45) is 7.08. The van der Waals surface area contributed by atoms with Crippen molar-refractivity contribution in [2.45, 2.75) is 73.3 Å². The van der Waals surface area contributed by atoms with Crippen molar-refractivity contribution in [2.75, 3.05) is 6.54 Å². The van der Waals surface area contributed by atoms with Crippen molar-refractivity contribution in [1.29, 1.82) is 0 Å². The SMILES string of the molecule is Cc1cc(C)c(CNCC2(CC(C)C)CCCC2)c(C)c1. The third-order valence-electron chi connectivity index (χ3n) is 5.15. The zero-order valence-electron chi connectivity index (χ0n) is 14.7. The fourth-order valence-corrected chi connectivity index (χ4v) is 4.39. The Labute approximate surface area is 131 Å². The summed E-state index contributed by atoms with van der Waals surface area (Å²) in [6.45, 7) is 13.6. The molecule has 0 atom stereocenters. The lowest BCUT2D eigenvalue weighted by Crippen LogP contribution is -2.33. The molecule has 0 heterocycles. The fraction of sp³-hybridized carbons (Fsp3) is 0.700. The second-order valence-electron chi connectivity index (χ2n) is 7.79. The van der Waals surface area contributed by atoms with Gasteiger partial charge in [-0.15, -0.1) is 0 Å². The monoisotopic (exact) mass is 287 g/mol. The fourth-order valence-electron chi connectivity index (χ4n) is 4.39. The van der Waals surface area contributed by atoms with Gasteiger partial charge in [-0.3, -0.25) is 0 Å². The standard InChI is InChI=1S/C20H33N/c1-15(2)12-20(8-6-7-9-20)14-21-13-19-17(4)10-16(3)11-18(19)5/h10-11,15,21H,6-9,12-14H2,1-5H3. The quantitative estimate of drug-likeness (QED) is 0.748. The topological polar surface area (TPSA) is 12.0 Å². The van der Waals surface area contributed by atoms with Crippen molar-refractivity contribution in [3.63, 3.8) is 0 Å². The minimum atomic E-state index is 0.570. The largest absolute Gasteiger partial charge is 0.312 e. The Morgan fingerprint density at radius 2 is 1.62 bits per heavy atom. The highest BCUT2D eigenvalue weighted by atomic mass is 14.9. The van der Waals surface area contributed by atoms with Crippen LogP contribution in [0.25, 0.3) is 0 Å². The smallest absolute Gasteiger partial charge is 0.0210 e. The Hall–Kier alpha value is -0.820. The zero-order valence-corrected chi connectivity index (χ0v) is 14.7. The van der Waals surface area contributed by atoms with Gasteiger partial charge in [-0.05, 0) is 68.1 Å². The van der Waals surface area contributed by atoms with Crippen LogP contribution in [0.3, 0.4) is 0 Å². The average molecular weight is 287 g/mol. The van der Waals surface area contributed by atoms with Crippen molar-refractivity contribution in [2.24, 2.45) is 11.3 Å². The van der Waals surface area contributed by atoms with Crippen LogP contribution < -0.4 is 5.32 Å². The first kappa shape index (κ1) is 16.5. The van der Waals surface area contributed by atoms with E-state index in [9.17, 15) is 0 Å². The lowest BCUT2D eigenvalue weighted by molar-refractivity contribution is 0.223. The number of benzene rings is 1. The normalized spacial score (nSPS) is 17.6. The summed E-state index contributed by atoms with van der Waals surface area (Å²) in [5.41, 5.74) is 6.31. The molecule has 2 rings (SSSR count). The molecule has 1 saturated carbocycles. The highest BCUT2D eigenvalue weighted by Gasteiger charge is 2.33. The Bertz CT molecular complexity index is 444. The molecular weight excluding hydrogens is 254 g/mol.